The third-order valence-electron chi connectivity index (χ3n) is 4.19. The number of benzene rings is 3. The summed E-state index contributed by atoms with van der Waals surface area (Å²) < 4.78 is 5.58. The van der Waals surface area contributed by atoms with Crippen LogP contribution < -0.4 is 10.1 Å². The maximum Gasteiger partial charge on any atom is 0.262 e. The molecule has 0 fully saturated rings. The van der Waals surface area contributed by atoms with E-state index in [1.165, 1.54) is 5.56 Å². The van der Waals surface area contributed by atoms with Gasteiger partial charge in [-0.1, -0.05) is 68.4 Å². The molecule has 0 unspecified atom stereocenters. The van der Waals surface area contributed by atoms with E-state index in [2.05, 4.69) is 31.3 Å². The van der Waals surface area contributed by atoms with E-state index in [1.807, 2.05) is 66.7 Å². The molecule has 132 valence electrons. The van der Waals surface area contributed by atoms with Gasteiger partial charge in [-0.2, -0.15) is 0 Å². The Kier molecular flexibility index (Phi) is 5.69. The minimum absolute atomic E-state index is 0.0172. The van der Waals surface area contributed by atoms with Gasteiger partial charge in [0.15, 0.2) is 6.61 Å². The number of rotatable bonds is 6. The quantitative estimate of drug-likeness (QED) is 0.641. The Hall–Kier alpha value is -3.07. The molecule has 0 aromatic heterocycles. The molecule has 3 aromatic carbocycles. The van der Waals surface area contributed by atoms with Crippen LogP contribution >= 0.6 is 0 Å². The van der Waals surface area contributed by atoms with Crippen molar-refractivity contribution in [2.75, 3.05) is 11.9 Å². The number of carbonyl (C=O) groups is 1. The second kappa shape index (κ2) is 8.34. The van der Waals surface area contributed by atoms with Crippen molar-refractivity contribution in [1.82, 2.24) is 0 Å². The van der Waals surface area contributed by atoms with Gasteiger partial charge >= 0.3 is 0 Å². The third-order valence-corrected chi connectivity index (χ3v) is 4.19. The molecule has 3 heteroatoms. The van der Waals surface area contributed by atoms with Crippen molar-refractivity contribution in [3.63, 3.8) is 0 Å². The van der Waals surface area contributed by atoms with Crippen LogP contribution in [0.1, 0.15) is 25.3 Å². The molecule has 0 saturated carbocycles. The molecule has 0 bridgehead atoms. The number of hydrogen-bond acceptors (Lipinski definition) is 2. The molecule has 0 heterocycles. The van der Waals surface area contributed by atoms with Gasteiger partial charge in [-0.25, -0.2) is 0 Å². The van der Waals surface area contributed by atoms with Crippen molar-refractivity contribution < 1.29 is 9.53 Å². The van der Waals surface area contributed by atoms with Gasteiger partial charge in [-0.3, -0.25) is 4.79 Å². The van der Waals surface area contributed by atoms with Crippen molar-refractivity contribution in [2.45, 2.75) is 19.8 Å². The minimum atomic E-state index is -0.172. The summed E-state index contributed by atoms with van der Waals surface area (Å²) in [4.78, 5) is 12.1. The van der Waals surface area contributed by atoms with Gasteiger partial charge in [0.05, 0.1) is 0 Å². The lowest BCUT2D eigenvalue weighted by Crippen LogP contribution is -2.20. The van der Waals surface area contributed by atoms with Crippen LogP contribution in [0.3, 0.4) is 0 Å². The molecule has 0 spiro atoms. The smallest absolute Gasteiger partial charge is 0.262 e. The molecule has 1 N–H and O–H groups in total. The number of hydrogen-bond donors (Lipinski definition) is 1. The number of nitrogens with one attached hydrogen (secondary N) is 1. The van der Waals surface area contributed by atoms with E-state index in [0.717, 1.165) is 16.8 Å². The highest BCUT2D eigenvalue weighted by atomic mass is 16.5. The second-order valence-corrected chi connectivity index (χ2v) is 6.50. The SMILES string of the molecule is CC(C)c1ccc(NC(=O)COc2ccc(-c3ccccc3)cc2)cc1. The van der Waals surface area contributed by atoms with Crippen LogP contribution in [0.4, 0.5) is 5.69 Å². The Morgan fingerprint density at radius 3 is 2.08 bits per heavy atom. The fourth-order valence-corrected chi connectivity index (χ4v) is 2.67. The van der Waals surface area contributed by atoms with Crippen molar-refractivity contribution in [3.8, 4) is 16.9 Å². The fraction of sp³-hybridized carbons (Fsp3) is 0.174. The topological polar surface area (TPSA) is 38.3 Å². The first kappa shape index (κ1) is 17.7. The molecule has 0 aliphatic heterocycles. The third kappa shape index (κ3) is 4.73. The van der Waals surface area contributed by atoms with Crippen LogP contribution in [0.2, 0.25) is 0 Å². The molecule has 0 atom stereocenters. The molecule has 3 rings (SSSR count). The molecular formula is C23H23NO2. The molecule has 0 aliphatic rings. The summed E-state index contributed by atoms with van der Waals surface area (Å²) >= 11 is 0. The average molecular weight is 345 g/mol. The first-order chi connectivity index (χ1) is 12.6. The molecule has 0 radical (unpaired) electrons. The van der Waals surface area contributed by atoms with Crippen molar-refractivity contribution >= 4 is 11.6 Å². The lowest BCUT2D eigenvalue weighted by molar-refractivity contribution is -0.118. The standard InChI is InChI=1S/C23H23NO2/c1-17(2)18-8-12-21(13-9-18)24-23(25)16-26-22-14-10-20(11-15-22)19-6-4-3-5-7-19/h3-15,17H,16H2,1-2H3,(H,24,25). The summed E-state index contributed by atoms with van der Waals surface area (Å²) in [5.74, 6) is 0.978. The molecule has 26 heavy (non-hydrogen) atoms. The largest absolute Gasteiger partial charge is 0.484 e. The van der Waals surface area contributed by atoms with Gasteiger partial charge in [0.1, 0.15) is 5.75 Å². The Morgan fingerprint density at radius 1 is 0.846 bits per heavy atom. The number of ether oxygens (including phenoxy) is 1. The summed E-state index contributed by atoms with van der Waals surface area (Å²) in [5.41, 5.74) is 4.30. The molecule has 0 aliphatic carbocycles. The number of amides is 1. The van der Waals surface area contributed by atoms with Gasteiger partial charge in [0.2, 0.25) is 0 Å². The van der Waals surface area contributed by atoms with Gasteiger partial charge in [-0.15, -0.1) is 0 Å². The zero-order valence-electron chi connectivity index (χ0n) is 15.1. The van der Waals surface area contributed by atoms with Gasteiger partial charge in [0, 0.05) is 5.69 Å². The Balaban J connectivity index is 1.53. The predicted octanol–water partition coefficient (Wildman–Crippen LogP) is 5.49. The van der Waals surface area contributed by atoms with E-state index >= 15 is 0 Å². The van der Waals surface area contributed by atoms with Gasteiger partial charge in [0.25, 0.3) is 5.91 Å². The number of carbonyl (C=O) groups excluding carboxylic acids is 1. The highest BCUT2D eigenvalue weighted by Gasteiger charge is 2.05. The normalized spacial score (nSPS) is 10.6. The van der Waals surface area contributed by atoms with E-state index in [1.54, 1.807) is 0 Å². The highest BCUT2D eigenvalue weighted by molar-refractivity contribution is 5.91. The Labute approximate surface area is 154 Å². The van der Waals surface area contributed by atoms with Crippen molar-refractivity contribution in [2.24, 2.45) is 0 Å². The average Bonchev–Trinajstić information content (AvgIpc) is 2.68. The maximum atomic E-state index is 12.1. The summed E-state index contributed by atoms with van der Waals surface area (Å²) in [6.45, 7) is 4.27. The number of anilines is 1. The van der Waals surface area contributed by atoms with Gasteiger partial charge in [-0.05, 0) is 46.9 Å². The van der Waals surface area contributed by atoms with E-state index in [4.69, 9.17) is 4.74 Å². The minimum Gasteiger partial charge on any atom is -0.484 e. The van der Waals surface area contributed by atoms with E-state index < -0.39 is 0 Å². The van der Waals surface area contributed by atoms with Crippen LogP contribution in [-0.2, 0) is 4.79 Å². The monoisotopic (exact) mass is 345 g/mol. The predicted molar refractivity (Wildman–Crippen MR) is 107 cm³/mol. The molecule has 3 aromatic rings. The van der Waals surface area contributed by atoms with E-state index in [-0.39, 0.29) is 12.5 Å². The second-order valence-electron chi connectivity index (χ2n) is 6.50. The summed E-state index contributed by atoms with van der Waals surface area (Å²) in [5, 5.41) is 2.85. The van der Waals surface area contributed by atoms with E-state index in [9.17, 15) is 4.79 Å². The summed E-state index contributed by atoms with van der Waals surface area (Å²) in [7, 11) is 0. The van der Waals surface area contributed by atoms with E-state index in [0.29, 0.717) is 11.7 Å². The van der Waals surface area contributed by atoms with Crippen LogP contribution in [0, 0.1) is 0 Å². The zero-order chi connectivity index (χ0) is 18.4. The fourth-order valence-electron chi connectivity index (χ4n) is 2.67. The Bertz CT molecular complexity index is 838. The first-order valence-corrected chi connectivity index (χ1v) is 8.80. The Morgan fingerprint density at radius 2 is 1.46 bits per heavy atom. The summed E-state index contributed by atoms with van der Waals surface area (Å²) in [6.07, 6.45) is 0. The lowest BCUT2D eigenvalue weighted by Gasteiger charge is -2.10. The van der Waals surface area contributed by atoms with Crippen molar-refractivity contribution in [1.29, 1.82) is 0 Å². The van der Waals surface area contributed by atoms with Gasteiger partial charge < -0.3 is 10.1 Å². The molecule has 0 saturated heterocycles. The van der Waals surface area contributed by atoms with Crippen molar-refractivity contribution in [3.05, 3.63) is 84.4 Å². The maximum absolute atomic E-state index is 12.1. The summed E-state index contributed by atoms with van der Waals surface area (Å²) in [6, 6.07) is 25.8. The van der Waals surface area contributed by atoms with Crippen LogP contribution in [0.15, 0.2) is 78.9 Å². The molecular weight excluding hydrogens is 322 g/mol. The first-order valence-electron chi connectivity index (χ1n) is 8.80. The van der Waals surface area contributed by atoms with Crippen LogP contribution in [0.25, 0.3) is 11.1 Å². The lowest BCUT2D eigenvalue weighted by atomic mass is 10.0. The molecule has 3 nitrogen and oxygen atoms in total. The zero-order valence-corrected chi connectivity index (χ0v) is 15.1. The van der Waals surface area contributed by atoms with Crippen LogP contribution in [0.5, 0.6) is 5.75 Å². The highest BCUT2D eigenvalue weighted by Crippen LogP contribution is 2.22. The molecule has 1 amide bonds. The van der Waals surface area contributed by atoms with Crippen LogP contribution in [-0.4, -0.2) is 12.5 Å².